The van der Waals surface area contributed by atoms with E-state index in [4.69, 9.17) is 9.47 Å². The number of allylic oxidation sites excluding steroid dienone is 6. The monoisotopic (exact) mass is 1080 g/mol. The Morgan fingerprint density at radius 1 is 0.447 bits per heavy atom. The van der Waals surface area contributed by atoms with Gasteiger partial charge in [-0.1, -0.05) is 275 Å². The van der Waals surface area contributed by atoms with Crippen molar-refractivity contribution in [1.82, 2.24) is 5.32 Å². The van der Waals surface area contributed by atoms with Crippen LogP contribution in [0.1, 0.15) is 303 Å². The predicted octanol–water partition coefficient (Wildman–Crippen LogP) is 14.6. The number of unbranched alkanes of at least 4 members (excludes halogenated alkanes) is 38. The minimum absolute atomic E-state index is 0.242. The average molecular weight is 1080 g/mol. The van der Waals surface area contributed by atoms with Crippen molar-refractivity contribution in [2.75, 3.05) is 13.2 Å². The summed E-state index contributed by atoms with van der Waals surface area (Å²) in [5, 5.41) is 76.2. The molecule has 448 valence electrons. The lowest BCUT2D eigenvalue weighted by Crippen LogP contribution is -2.60. The molecule has 76 heavy (non-hydrogen) atoms. The molecule has 11 nitrogen and oxygen atoms in total. The standard InChI is InChI=1S/C65H123NO10/c1-3-5-7-9-11-13-15-17-19-21-23-24-25-26-27-28-29-30-31-32-33-35-37-39-41-43-45-47-49-51-53-58(69)64(74)66-56(55-75-65-63(73)62(72)61(71)59(54-67)76-65)60(70)57(68)52-50-48-46-44-42-40-38-36-34-22-20-18-16-14-12-10-8-6-4-2/h18,20,36,38,44,46,56-63,65,67-73H,3-17,19,21-35,37,39-43,45,47-55H2,1-2H3,(H,66,74)/b20-18+,38-36+,46-44+. The molecule has 1 aliphatic heterocycles. The van der Waals surface area contributed by atoms with Gasteiger partial charge in [0.25, 0.3) is 0 Å². The van der Waals surface area contributed by atoms with E-state index in [-0.39, 0.29) is 12.8 Å². The van der Waals surface area contributed by atoms with E-state index >= 15 is 0 Å². The lowest BCUT2D eigenvalue weighted by Gasteiger charge is -2.40. The summed E-state index contributed by atoms with van der Waals surface area (Å²) in [6, 6.07) is -1.19. The molecule has 9 unspecified atom stereocenters. The largest absolute Gasteiger partial charge is 0.394 e. The molecule has 0 radical (unpaired) electrons. The van der Waals surface area contributed by atoms with Crippen LogP contribution in [0.3, 0.4) is 0 Å². The maximum atomic E-state index is 13.2. The minimum Gasteiger partial charge on any atom is -0.394 e. The zero-order valence-electron chi connectivity index (χ0n) is 49.2. The highest BCUT2D eigenvalue weighted by Crippen LogP contribution is 2.24. The Hall–Kier alpha value is -1.67. The molecule has 0 aliphatic carbocycles. The number of aliphatic hydroxyl groups is 7. The Kier molecular flexibility index (Phi) is 51.3. The van der Waals surface area contributed by atoms with Gasteiger partial charge in [0.05, 0.1) is 25.4 Å². The Bertz CT molecular complexity index is 1330. The second kappa shape index (κ2) is 53.9. The van der Waals surface area contributed by atoms with Crippen LogP contribution < -0.4 is 5.32 Å². The lowest BCUT2D eigenvalue weighted by atomic mass is 9.98. The molecule has 1 rings (SSSR count). The smallest absolute Gasteiger partial charge is 0.249 e. The third-order valence-electron chi connectivity index (χ3n) is 15.7. The molecule has 9 atom stereocenters. The van der Waals surface area contributed by atoms with Crippen molar-refractivity contribution < 1.29 is 50.0 Å². The van der Waals surface area contributed by atoms with Gasteiger partial charge >= 0.3 is 0 Å². The number of carbonyl (C=O) groups is 1. The van der Waals surface area contributed by atoms with Crippen molar-refractivity contribution >= 4 is 5.91 Å². The topological polar surface area (TPSA) is 189 Å². The molecule has 0 spiro atoms. The van der Waals surface area contributed by atoms with Gasteiger partial charge < -0.3 is 50.5 Å². The van der Waals surface area contributed by atoms with Gasteiger partial charge in [0.15, 0.2) is 6.29 Å². The second-order valence-corrected chi connectivity index (χ2v) is 22.8. The fourth-order valence-corrected chi connectivity index (χ4v) is 10.4. The molecule has 0 aromatic carbocycles. The first-order valence-electron chi connectivity index (χ1n) is 32.4. The van der Waals surface area contributed by atoms with Gasteiger partial charge in [-0.3, -0.25) is 4.79 Å². The van der Waals surface area contributed by atoms with E-state index in [0.717, 1.165) is 44.9 Å². The number of carbonyl (C=O) groups excluding carboxylic acids is 1. The number of nitrogens with one attached hydrogen (secondary N) is 1. The molecule has 1 saturated heterocycles. The minimum atomic E-state index is -1.67. The van der Waals surface area contributed by atoms with E-state index in [9.17, 15) is 40.5 Å². The van der Waals surface area contributed by atoms with Gasteiger partial charge in [0, 0.05) is 0 Å². The molecule has 0 saturated carbocycles. The molecule has 1 heterocycles. The molecular weight excluding hydrogens is 955 g/mol. The zero-order valence-corrected chi connectivity index (χ0v) is 49.2. The van der Waals surface area contributed by atoms with Crippen LogP contribution in [0.25, 0.3) is 0 Å². The van der Waals surface area contributed by atoms with Crippen LogP contribution in [0, 0.1) is 0 Å². The first-order chi connectivity index (χ1) is 37.2. The van der Waals surface area contributed by atoms with E-state index in [0.29, 0.717) is 19.3 Å². The van der Waals surface area contributed by atoms with Crippen molar-refractivity contribution in [3.05, 3.63) is 36.5 Å². The Labute approximate surface area is 467 Å². The van der Waals surface area contributed by atoms with Crippen LogP contribution in [0.15, 0.2) is 36.5 Å². The lowest BCUT2D eigenvalue weighted by molar-refractivity contribution is -0.303. The van der Waals surface area contributed by atoms with Gasteiger partial charge in [-0.15, -0.1) is 0 Å². The van der Waals surface area contributed by atoms with Gasteiger partial charge in [0.1, 0.15) is 36.6 Å². The van der Waals surface area contributed by atoms with E-state index < -0.39 is 74.2 Å². The number of rotatable bonds is 56. The molecule has 11 heteroatoms. The molecule has 0 bridgehead atoms. The summed E-state index contributed by atoms with van der Waals surface area (Å²) in [7, 11) is 0. The van der Waals surface area contributed by atoms with Crippen molar-refractivity contribution in [3.63, 3.8) is 0 Å². The predicted molar refractivity (Wildman–Crippen MR) is 316 cm³/mol. The maximum Gasteiger partial charge on any atom is 0.249 e. The van der Waals surface area contributed by atoms with Crippen LogP contribution in [-0.4, -0.2) is 110 Å². The molecule has 0 aromatic rings. The Balaban J connectivity index is 2.23. The quantitative estimate of drug-likeness (QED) is 0.0215. The second-order valence-electron chi connectivity index (χ2n) is 22.8. The van der Waals surface area contributed by atoms with Crippen LogP contribution >= 0.6 is 0 Å². The summed E-state index contributed by atoms with van der Waals surface area (Å²) in [4.78, 5) is 13.2. The fourth-order valence-electron chi connectivity index (χ4n) is 10.4. The molecule has 0 aromatic heterocycles. The summed E-state index contributed by atoms with van der Waals surface area (Å²) >= 11 is 0. The van der Waals surface area contributed by atoms with Gasteiger partial charge in [0.2, 0.25) is 5.91 Å². The van der Waals surface area contributed by atoms with Crippen LogP contribution in [0.5, 0.6) is 0 Å². The highest BCUT2D eigenvalue weighted by Gasteiger charge is 2.44. The third kappa shape index (κ3) is 41.4. The van der Waals surface area contributed by atoms with E-state index in [1.165, 1.54) is 212 Å². The maximum absolute atomic E-state index is 13.2. The summed E-state index contributed by atoms with van der Waals surface area (Å²) in [6.07, 6.45) is 56.5. The fraction of sp³-hybridized carbons (Fsp3) is 0.892. The number of hydrogen-bond acceptors (Lipinski definition) is 10. The van der Waals surface area contributed by atoms with Gasteiger partial charge in [-0.25, -0.2) is 0 Å². The van der Waals surface area contributed by atoms with Crippen molar-refractivity contribution in [2.45, 2.75) is 358 Å². The number of aliphatic hydroxyl groups excluding tert-OH is 7. The number of ether oxygens (including phenoxy) is 2. The normalized spacial score (nSPS) is 19.8. The molecule has 1 fully saturated rings. The Morgan fingerprint density at radius 2 is 0.789 bits per heavy atom. The van der Waals surface area contributed by atoms with Crippen molar-refractivity contribution in [3.8, 4) is 0 Å². The van der Waals surface area contributed by atoms with E-state index in [1.807, 2.05) is 0 Å². The summed E-state index contributed by atoms with van der Waals surface area (Å²) in [6.45, 7) is 3.46. The third-order valence-corrected chi connectivity index (χ3v) is 15.7. The van der Waals surface area contributed by atoms with E-state index in [1.54, 1.807) is 0 Å². The average Bonchev–Trinajstić information content (AvgIpc) is 3.42. The molecule has 8 N–H and O–H groups in total. The van der Waals surface area contributed by atoms with Crippen LogP contribution in [-0.2, 0) is 14.3 Å². The number of hydrogen-bond donors (Lipinski definition) is 8. The van der Waals surface area contributed by atoms with Gasteiger partial charge in [-0.05, 0) is 64.2 Å². The van der Waals surface area contributed by atoms with E-state index in [2.05, 4.69) is 55.6 Å². The number of amides is 1. The van der Waals surface area contributed by atoms with Gasteiger partial charge in [-0.2, -0.15) is 0 Å². The van der Waals surface area contributed by atoms with Crippen molar-refractivity contribution in [2.24, 2.45) is 0 Å². The summed E-state index contributed by atoms with van der Waals surface area (Å²) in [5.74, 6) is -0.707. The first kappa shape index (κ1) is 72.3. The SMILES string of the molecule is CCCCCCCC/C=C/CC/C=C/CC/C=C/CCCC(O)C(O)C(COC1OC(CO)C(O)C(O)C1O)NC(=O)C(O)CCCCCCCCCCCCCCCCCCCCCCCCCCCCCCCC. The van der Waals surface area contributed by atoms with Crippen molar-refractivity contribution in [1.29, 1.82) is 0 Å². The highest BCUT2D eigenvalue weighted by atomic mass is 16.7. The summed E-state index contributed by atoms with van der Waals surface area (Å²) < 4.78 is 11.1. The Morgan fingerprint density at radius 3 is 1.17 bits per heavy atom. The first-order valence-corrected chi connectivity index (χ1v) is 32.4. The molecule has 1 amide bonds. The zero-order chi connectivity index (χ0) is 55.4. The van der Waals surface area contributed by atoms with Crippen LogP contribution in [0.4, 0.5) is 0 Å². The molecular formula is C65H123NO10. The van der Waals surface area contributed by atoms with Crippen LogP contribution in [0.2, 0.25) is 0 Å². The highest BCUT2D eigenvalue weighted by molar-refractivity contribution is 5.80. The summed E-state index contributed by atoms with van der Waals surface area (Å²) in [5.41, 5.74) is 0. The molecule has 1 aliphatic rings.